The van der Waals surface area contributed by atoms with Crippen molar-refractivity contribution in [3.8, 4) is 0 Å². The molecule has 0 saturated carbocycles. The lowest BCUT2D eigenvalue weighted by atomic mass is 10.0. The summed E-state index contributed by atoms with van der Waals surface area (Å²) in [4.78, 5) is 37.9. The minimum Gasteiger partial charge on any atom is -0.756 e. The molecule has 9 nitrogen and oxygen atoms in total. The fourth-order valence-electron chi connectivity index (χ4n) is 8.41. The molecule has 0 aliphatic carbocycles. The lowest BCUT2D eigenvalue weighted by molar-refractivity contribution is -0.870. The zero-order chi connectivity index (χ0) is 52.7. The molecule has 0 aromatic rings. The molecule has 2 unspecified atom stereocenters. The molecule has 0 aliphatic rings. The van der Waals surface area contributed by atoms with Crippen molar-refractivity contribution in [1.29, 1.82) is 0 Å². The lowest BCUT2D eigenvalue weighted by Gasteiger charge is -2.28. The molecule has 0 aliphatic heterocycles. The normalized spacial score (nSPS) is 13.7. The summed E-state index contributed by atoms with van der Waals surface area (Å²) >= 11 is 0. The highest BCUT2D eigenvalue weighted by Crippen LogP contribution is 2.38. The fraction of sp³-hybridized carbons (Fsp3) is 0.806. The number of unbranched alkanes of at least 4 members (excludes halogenated alkanes) is 31. The van der Waals surface area contributed by atoms with E-state index in [1.165, 1.54) is 173 Å². The third kappa shape index (κ3) is 57.0. The van der Waals surface area contributed by atoms with Gasteiger partial charge in [-0.15, -0.1) is 0 Å². The molecule has 0 rings (SSSR count). The Balaban J connectivity index is 4.10. The Bertz CT molecular complexity index is 1400. The standard InChI is InChI=1S/C62H114NO8P/c1-6-8-10-12-14-16-18-20-22-24-26-27-28-29-30-31-32-33-34-35-37-39-41-43-45-47-49-51-53-55-62(65)71-60(59-70-72(66,67)69-57-56-63(3,4)5)58-68-61(64)54-52-50-48-46-44-42-40-38-36-25-23-21-19-17-15-13-11-9-7-2/h8,10,14,16,20-23,26-27,60H,6-7,9,11-13,15,17-19,24-25,28-59H2,1-5H3/b10-8-,16-14-,22-20-,23-21-,27-26-. The van der Waals surface area contributed by atoms with Gasteiger partial charge in [0.2, 0.25) is 0 Å². The monoisotopic (exact) mass is 1030 g/mol. The van der Waals surface area contributed by atoms with E-state index in [2.05, 4.69) is 74.6 Å². The Morgan fingerprint density at radius 2 is 0.792 bits per heavy atom. The number of carbonyl (C=O) groups excluding carboxylic acids is 2. The summed E-state index contributed by atoms with van der Waals surface area (Å²) in [6, 6.07) is 0. The summed E-state index contributed by atoms with van der Waals surface area (Å²) in [5, 5.41) is 0. The zero-order valence-electron chi connectivity index (χ0n) is 47.6. The number of allylic oxidation sites excluding steroid dienone is 10. The number of hydrogen-bond donors (Lipinski definition) is 0. The van der Waals surface area contributed by atoms with Gasteiger partial charge in [0.1, 0.15) is 19.8 Å². The molecule has 0 fully saturated rings. The van der Waals surface area contributed by atoms with Crippen LogP contribution in [-0.2, 0) is 32.7 Å². The summed E-state index contributed by atoms with van der Waals surface area (Å²) < 4.78 is 34.2. The van der Waals surface area contributed by atoms with Gasteiger partial charge in [-0.3, -0.25) is 14.2 Å². The first-order valence-corrected chi connectivity index (χ1v) is 31.5. The number of rotatable bonds is 55. The third-order valence-corrected chi connectivity index (χ3v) is 14.0. The lowest BCUT2D eigenvalue weighted by Crippen LogP contribution is -2.37. The van der Waals surface area contributed by atoms with Gasteiger partial charge in [-0.25, -0.2) is 0 Å². The molecule has 0 bridgehead atoms. The van der Waals surface area contributed by atoms with Gasteiger partial charge in [-0.1, -0.05) is 242 Å². The predicted octanol–water partition coefficient (Wildman–Crippen LogP) is 18.1. The molecular formula is C62H114NO8P. The van der Waals surface area contributed by atoms with Crippen LogP contribution in [-0.4, -0.2) is 70.0 Å². The van der Waals surface area contributed by atoms with Gasteiger partial charge in [0.25, 0.3) is 7.82 Å². The van der Waals surface area contributed by atoms with E-state index in [4.69, 9.17) is 18.5 Å². The van der Waals surface area contributed by atoms with Gasteiger partial charge in [-0.05, 0) is 77.0 Å². The Morgan fingerprint density at radius 3 is 1.19 bits per heavy atom. The van der Waals surface area contributed by atoms with Gasteiger partial charge in [-0.2, -0.15) is 0 Å². The molecule has 0 aromatic heterocycles. The van der Waals surface area contributed by atoms with Crippen molar-refractivity contribution in [3.05, 3.63) is 60.8 Å². The minimum atomic E-state index is -4.64. The van der Waals surface area contributed by atoms with E-state index in [0.717, 1.165) is 64.2 Å². The molecular weight excluding hydrogens is 918 g/mol. The number of phosphoric acid groups is 1. The van der Waals surface area contributed by atoms with Crippen LogP contribution in [0.4, 0.5) is 0 Å². The number of nitrogens with zero attached hydrogens (tertiary/aromatic N) is 1. The summed E-state index contributed by atoms with van der Waals surface area (Å²) in [6.07, 6.45) is 68.4. The van der Waals surface area contributed by atoms with E-state index >= 15 is 0 Å². The van der Waals surface area contributed by atoms with Crippen LogP contribution in [0.15, 0.2) is 60.8 Å². The second kappa shape index (κ2) is 53.5. The zero-order valence-corrected chi connectivity index (χ0v) is 48.5. The van der Waals surface area contributed by atoms with Gasteiger partial charge in [0.05, 0.1) is 27.7 Å². The van der Waals surface area contributed by atoms with Crippen LogP contribution in [0.3, 0.4) is 0 Å². The van der Waals surface area contributed by atoms with Crippen LogP contribution in [0, 0.1) is 0 Å². The van der Waals surface area contributed by atoms with Crippen molar-refractivity contribution in [2.24, 2.45) is 0 Å². The number of hydrogen-bond acceptors (Lipinski definition) is 8. The highest BCUT2D eigenvalue weighted by Gasteiger charge is 2.22. The largest absolute Gasteiger partial charge is 0.756 e. The van der Waals surface area contributed by atoms with Crippen LogP contribution >= 0.6 is 7.82 Å². The Morgan fingerprint density at radius 1 is 0.444 bits per heavy atom. The van der Waals surface area contributed by atoms with Crippen molar-refractivity contribution in [2.45, 2.75) is 277 Å². The van der Waals surface area contributed by atoms with Crippen molar-refractivity contribution in [2.75, 3.05) is 47.5 Å². The maximum atomic E-state index is 12.8. The number of quaternary nitrogens is 1. The molecule has 0 amide bonds. The van der Waals surface area contributed by atoms with Crippen molar-refractivity contribution in [1.82, 2.24) is 0 Å². The number of ether oxygens (including phenoxy) is 2. The SMILES string of the molecule is CC/C=C\C/C=C\C/C=C\C/C=C\CCCCCCCCCCCCCCCCCCC(=O)OC(COC(=O)CCCCCCCCCCC/C=C\CCCCCCCC)COP(=O)([O-])OCC[N+](C)(C)C. The second-order valence-corrected chi connectivity index (χ2v) is 22.7. The van der Waals surface area contributed by atoms with Crippen molar-refractivity contribution >= 4 is 19.8 Å². The van der Waals surface area contributed by atoms with E-state index in [0.29, 0.717) is 17.4 Å². The summed E-state index contributed by atoms with van der Waals surface area (Å²) in [7, 11) is 1.17. The van der Waals surface area contributed by atoms with Crippen LogP contribution in [0.1, 0.15) is 271 Å². The quantitative estimate of drug-likeness (QED) is 0.0195. The summed E-state index contributed by atoms with van der Waals surface area (Å²) in [6.45, 7) is 4.15. The first-order valence-electron chi connectivity index (χ1n) is 30.0. The van der Waals surface area contributed by atoms with Crippen LogP contribution in [0.2, 0.25) is 0 Å². The van der Waals surface area contributed by atoms with E-state index in [1.54, 1.807) is 0 Å². The topological polar surface area (TPSA) is 111 Å². The Hall–Kier alpha value is -2.29. The summed E-state index contributed by atoms with van der Waals surface area (Å²) in [5.41, 5.74) is 0. The number of phosphoric ester groups is 1. The Kier molecular flexibility index (Phi) is 51.8. The highest BCUT2D eigenvalue weighted by atomic mass is 31.2. The summed E-state index contributed by atoms with van der Waals surface area (Å²) in [5.74, 6) is -0.827. The van der Waals surface area contributed by atoms with Gasteiger partial charge in [0.15, 0.2) is 6.10 Å². The van der Waals surface area contributed by atoms with Gasteiger partial charge in [0, 0.05) is 12.8 Å². The van der Waals surface area contributed by atoms with Gasteiger partial charge < -0.3 is 27.9 Å². The minimum absolute atomic E-state index is 0.0312. The van der Waals surface area contributed by atoms with E-state index in [1.807, 2.05) is 21.1 Å². The first-order chi connectivity index (χ1) is 35.0. The molecule has 0 aromatic carbocycles. The molecule has 0 heterocycles. The maximum absolute atomic E-state index is 12.8. The second-order valence-electron chi connectivity index (χ2n) is 21.3. The maximum Gasteiger partial charge on any atom is 0.306 e. The molecule has 0 radical (unpaired) electrons. The number of carbonyl (C=O) groups is 2. The predicted molar refractivity (Wildman–Crippen MR) is 305 cm³/mol. The average Bonchev–Trinajstić information content (AvgIpc) is 3.34. The molecule has 0 spiro atoms. The van der Waals surface area contributed by atoms with Gasteiger partial charge >= 0.3 is 11.9 Å². The third-order valence-electron chi connectivity index (χ3n) is 13.0. The molecule has 420 valence electrons. The first kappa shape index (κ1) is 69.7. The average molecular weight is 1030 g/mol. The van der Waals surface area contributed by atoms with Crippen LogP contribution < -0.4 is 4.89 Å². The fourth-order valence-corrected chi connectivity index (χ4v) is 9.14. The van der Waals surface area contributed by atoms with Crippen molar-refractivity contribution < 1.29 is 42.1 Å². The highest BCUT2D eigenvalue weighted by molar-refractivity contribution is 7.45. The van der Waals surface area contributed by atoms with Crippen molar-refractivity contribution in [3.63, 3.8) is 0 Å². The molecule has 72 heavy (non-hydrogen) atoms. The smallest absolute Gasteiger partial charge is 0.306 e. The van der Waals surface area contributed by atoms with Crippen LogP contribution in [0.5, 0.6) is 0 Å². The van der Waals surface area contributed by atoms with E-state index < -0.39 is 26.5 Å². The van der Waals surface area contributed by atoms with E-state index in [-0.39, 0.29) is 32.0 Å². The number of esters is 2. The molecule has 0 saturated heterocycles. The molecule has 0 N–H and O–H groups in total. The number of likely N-dealkylation sites (N-methyl/N-ethyl adjacent to an activating group) is 1. The molecule has 10 heteroatoms. The van der Waals surface area contributed by atoms with E-state index in [9.17, 15) is 19.0 Å². The molecule has 2 atom stereocenters. The van der Waals surface area contributed by atoms with Crippen LogP contribution in [0.25, 0.3) is 0 Å². The Labute approximate surface area is 445 Å².